The molecule has 1 aromatic carbocycles. The third-order valence-corrected chi connectivity index (χ3v) is 10.5. The minimum absolute atomic E-state index is 0.0271. The van der Waals surface area contributed by atoms with E-state index >= 15 is 0 Å². The predicted octanol–water partition coefficient (Wildman–Crippen LogP) is 4.71. The fourth-order valence-corrected chi connectivity index (χ4v) is 4.11. The van der Waals surface area contributed by atoms with Crippen LogP contribution in [0, 0.1) is 0 Å². The number of carbonyl (C=O) groups is 2. The molecule has 9 heteroatoms. The maximum atomic E-state index is 13.0. The summed E-state index contributed by atoms with van der Waals surface area (Å²) < 4.78 is 11.6. The van der Waals surface area contributed by atoms with Crippen LogP contribution in [0.3, 0.4) is 0 Å². The molecule has 1 aromatic rings. The first kappa shape index (κ1) is 23.9. The van der Waals surface area contributed by atoms with Crippen molar-refractivity contribution in [2.45, 2.75) is 63.8 Å². The summed E-state index contributed by atoms with van der Waals surface area (Å²) in [6.45, 7) is 11.0. The van der Waals surface area contributed by atoms with E-state index < -0.39 is 20.5 Å². The fraction of sp³-hybridized carbons (Fsp3) is 0.619. The van der Waals surface area contributed by atoms with Gasteiger partial charge in [-0.15, -0.1) is 0 Å². The molecule has 0 aromatic heterocycles. The molecule has 8 nitrogen and oxygen atoms in total. The van der Waals surface area contributed by atoms with Crippen molar-refractivity contribution in [3.05, 3.63) is 46.3 Å². The lowest BCUT2D eigenvalue weighted by Gasteiger charge is -2.38. The van der Waals surface area contributed by atoms with Crippen LogP contribution in [0.2, 0.25) is 18.1 Å². The first-order chi connectivity index (χ1) is 14.1. The molecule has 1 amide bonds. The van der Waals surface area contributed by atoms with Gasteiger partial charge in [-0.2, -0.15) is 0 Å². The first-order valence-electron chi connectivity index (χ1n) is 10.2. The Bertz CT molecular complexity index is 788. The van der Waals surface area contributed by atoms with Crippen LogP contribution in [0.25, 0.3) is 10.4 Å². The molecule has 0 unspecified atom stereocenters. The van der Waals surface area contributed by atoms with Crippen LogP contribution >= 0.6 is 0 Å². The normalized spacial score (nSPS) is 18.0. The Kier molecular flexibility index (Phi) is 8.06. The van der Waals surface area contributed by atoms with Gasteiger partial charge in [0.1, 0.15) is 12.6 Å². The van der Waals surface area contributed by atoms with Gasteiger partial charge in [-0.25, -0.2) is 4.79 Å². The van der Waals surface area contributed by atoms with E-state index in [1.807, 2.05) is 30.3 Å². The summed E-state index contributed by atoms with van der Waals surface area (Å²) >= 11 is 0. The number of nitrogens with zero attached hydrogens (tertiary/aromatic N) is 4. The highest BCUT2D eigenvalue weighted by atomic mass is 28.4. The van der Waals surface area contributed by atoms with Crippen LogP contribution in [0.4, 0.5) is 4.79 Å². The number of azide groups is 1. The monoisotopic (exact) mass is 432 g/mol. The zero-order chi connectivity index (χ0) is 22.4. The van der Waals surface area contributed by atoms with Crippen molar-refractivity contribution in [1.29, 1.82) is 0 Å². The van der Waals surface area contributed by atoms with Gasteiger partial charge in [0.05, 0.1) is 12.6 Å². The van der Waals surface area contributed by atoms with Gasteiger partial charge in [0.15, 0.2) is 14.1 Å². The number of hydrogen-bond acceptors (Lipinski definition) is 5. The molecule has 1 aliphatic rings. The Labute approximate surface area is 179 Å². The maximum Gasteiger partial charge on any atom is 0.410 e. The molecular formula is C21H32N4O4Si. The van der Waals surface area contributed by atoms with E-state index in [1.54, 1.807) is 0 Å². The quantitative estimate of drug-likeness (QED) is 0.231. The molecular weight excluding hydrogens is 400 g/mol. The minimum Gasteiger partial charge on any atom is -0.447 e. The SMILES string of the molecule is CC(C)(C)[Si](C)(C)OC[C@H](C(=O)CCN=[N+]=[N-])N1C(=O)OC[C@@H]1Cc1ccccc1. The van der Waals surface area contributed by atoms with E-state index in [0.29, 0.717) is 6.42 Å². The topological polar surface area (TPSA) is 105 Å². The predicted molar refractivity (Wildman–Crippen MR) is 118 cm³/mol. The van der Waals surface area contributed by atoms with Crippen molar-refractivity contribution in [3.63, 3.8) is 0 Å². The van der Waals surface area contributed by atoms with E-state index in [0.717, 1.165) is 5.56 Å². The average Bonchev–Trinajstić information content (AvgIpc) is 3.02. The number of rotatable bonds is 10. The minimum atomic E-state index is -2.13. The molecule has 0 aliphatic carbocycles. The smallest absolute Gasteiger partial charge is 0.410 e. The second-order valence-electron chi connectivity index (χ2n) is 9.09. The molecule has 0 spiro atoms. The van der Waals surface area contributed by atoms with Crippen LogP contribution in [-0.2, 0) is 20.4 Å². The second kappa shape index (κ2) is 10.1. The highest BCUT2D eigenvalue weighted by Gasteiger charge is 2.43. The first-order valence-corrected chi connectivity index (χ1v) is 13.1. The molecule has 0 bridgehead atoms. The number of carbonyl (C=O) groups excluding carboxylic acids is 2. The zero-order valence-electron chi connectivity index (χ0n) is 18.5. The summed E-state index contributed by atoms with van der Waals surface area (Å²) in [5.41, 5.74) is 9.59. The number of benzene rings is 1. The summed E-state index contributed by atoms with van der Waals surface area (Å²) in [5, 5.41) is 3.44. The summed E-state index contributed by atoms with van der Waals surface area (Å²) in [5.74, 6) is -0.182. The number of cyclic esters (lactones) is 1. The summed E-state index contributed by atoms with van der Waals surface area (Å²) in [7, 11) is -2.13. The third-order valence-electron chi connectivity index (χ3n) is 5.95. The molecule has 164 valence electrons. The number of amides is 1. The van der Waals surface area contributed by atoms with Crippen molar-refractivity contribution >= 4 is 20.2 Å². The molecule has 1 saturated heterocycles. The van der Waals surface area contributed by atoms with Crippen molar-refractivity contribution in [1.82, 2.24) is 4.90 Å². The lowest BCUT2D eigenvalue weighted by molar-refractivity contribution is -0.124. The Morgan fingerprint density at radius 2 is 2.03 bits per heavy atom. The van der Waals surface area contributed by atoms with Gasteiger partial charge < -0.3 is 9.16 Å². The van der Waals surface area contributed by atoms with Gasteiger partial charge in [0, 0.05) is 17.9 Å². The lowest BCUT2D eigenvalue weighted by atomic mass is 10.0. The Morgan fingerprint density at radius 3 is 2.63 bits per heavy atom. The van der Waals surface area contributed by atoms with Crippen molar-refractivity contribution in [2.24, 2.45) is 5.11 Å². The van der Waals surface area contributed by atoms with E-state index in [9.17, 15) is 9.59 Å². The summed E-state index contributed by atoms with van der Waals surface area (Å²) in [6, 6.07) is 8.79. The molecule has 1 heterocycles. The Balaban J connectivity index is 2.24. The highest BCUT2D eigenvalue weighted by Crippen LogP contribution is 2.37. The van der Waals surface area contributed by atoms with Crippen LogP contribution < -0.4 is 0 Å². The van der Waals surface area contributed by atoms with E-state index in [-0.39, 0.29) is 43.0 Å². The summed E-state index contributed by atoms with van der Waals surface area (Å²) in [4.78, 5) is 29.9. The van der Waals surface area contributed by atoms with Crippen LogP contribution in [0.15, 0.2) is 35.4 Å². The second-order valence-corrected chi connectivity index (χ2v) is 13.9. The van der Waals surface area contributed by atoms with Crippen LogP contribution in [0.5, 0.6) is 0 Å². The Morgan fingerprint density at radius 1 is 1.37 bits per heavy atom. The maximum absolute atomic E-state index is 13.0. The number of Topliss-reactive ketones (excluding diaryl/α,β-unsaturated/α-hetero) is 1. The highest BCUT2D eigenvalue weighted by molar-refractivity contribution is 6.74. The molecule has 0 saturated carbocycles. The zero-order valence-corrected chi connectivity index (χ0v) is 19.5. The van der Waals surface area contributed by atoms with Crippen molar-refractivity contribution < 1.29 is 18.8 Å². The Hall–Kier alpha value is -2.35. The van der Waals surface area contributed by atoms with Gasteiger partial charge in [-0.1, -0.05) is 56.2 Å². The van der Waals surface area contributed by atoms with E-state index in [1.165, 1.54) is 4.90 Å². The molecule has 0 radical (unpaired) electrons. The fourth-order valence-electron chi connectivity index (χ4n) is 3.10. The molecule has 30 heavy (non-hydrogen) atoms. The largest absolute Gasteiger partial charge is 0.447 e. The third kappa shape index (κ3) is 6.07. The molecule has 2 rings (SSSR count). The van der Waals surface area contributed by atoms with Gasteiger partial charge in [0.25, 0.3) is 0 Å². The summed E-state index contributed by atoms with van der Waals surface area (Å²) in [6.07, 6.45) is 0.140. The van der Waals surface area contributed by atoms with Crippen LogP contribution in [0.1, 0.15) is 32.8 Å². The van der Waals surface area contributed by atoms with Gasteiger partial charge in [-0.3, -0.25) is 9.69 Å². The van der Waals surface area contributed by atoms with Gasteiger partial charge >= 0.3 is 6.09 Å². The van der Waals surface area contributed by atoms with E-state index in [2.05, 4.69) is 43.9 Å². The number of ether oxygens (including phenoxy) is 1. The van der Waals surface area contributed by atoms with Gasteiger partial charge in [0.2, 0.25) is 0 Å². The van der Waals surface area contributed by atoms with Gasteiger partial charge in [-0.05, 0) is 35.6 Å². The molecule has 1 aliphatic heterocycles. The average molecular weight is 433 g/mol. The van der Waals surface area contributed by atoms with E-state index in [4.69, 9.17) is 14.7 Å². The lowest BCUT2D eigenvalue weighted by Crippen LogP contribution is -2.52. The van der Waals surface area contributed by atoms with Crippen molar-refractivity contribution in [3.8, 4) is 0 Å². The van der Waals surface area contributed by atoms with Crippen molar-refractivity contribution in [2.75, 3.05) is 19.8 Å². The standard InChI is InChI=1S/C21H32N4O4Si/c1-21(2,3)30(4,5)29-15-18(19(26)11-12-23-24-22)25-17(14-28-20(25)27)13-16-9-7-6-8-10-16/h6-10,17-18H,11-15H2,1-5H3/t17-,18+/m0/s1. The van der Waals surface area contributed by atoms with Crippen LogP contribution in [-0.4, -0.2) is 56.9 Å². The number of hydrogen-bond donors (Lipinski definition) is 0. The molecule has 0 N–H and O–H groups in total. The molecule has 2 atom stereocenters. The number of ketones is 1. The molecule has 1 fully saturated rings.